The summed E-state index contributed by atoms with van der Waals surface area (Å²) in [5.41, 5.74) is 0. The zero-order valence-corrected chi connectivity index (χ0v) is 18.3. The van der Waals surface area contributed by atoms with Crippen LogP contribution in [0, 0.1) is 11.8 Å². The Balaban J connectivity index is 2.07. The number of aliphatic hydroxyl groups is 1. The van der Waals surface area contributed by atoms with Crippen LogP contribution < -0.4 is 4.74 Å². The topological polar surface area (TPSA) is 104 Å². The number of sulfonamides is 1. The van der Waals surface area contributed by atoms with E-state index in [0.29, 0.717) is 17.9 Å². The van der Waals surface area contributed by atoms with Gasteiger partial charge in [-0.15, -0.1) is 0 Å². The van der Waals surface area contributed by atoms with Gasteiger partial charge in [0.2, 0.25) is 10.0 Å². The second kappa shape index (κ2) is 10.3. The van der Waals surface area contributed by atoms with E-state index in [1.807, 2.05) is 0 Å². The van der Waals surface area contributed by atoms with Crippen LogP contribution in [-0.2, 0) is 14.8 Å². The molecule has 0 radical (unpaired) electrons. The lowest BCUT2D eigenvalue weighted by atomic mass is 10.0. The van der Waals surface area contributed by atoms with Crippen molar-refractivity contribution in [3.05, 3.63) is 24.3 Å². The van der Waals surface area contributed by atoms with Crippen LogP contribution in [0.4, 0.5) is 0 Å². The fourth-order valence-corrected chi connectivity index (χ4v) is 6.16. The molecule has 1 aliphatic rings. The summed E-state index contributed by atoms with van der Waals surface area (Å²) in [7, 11) is -3.95. The number of thioether (sulfide) groups is 1. The molecule has 0 saturated carbocycles. The van der Waals surface area contributed by atoms with E-state index >= 15 is 0 Å². The summed E-state index contributed by atoms with van der Waals surface area (Å²) < 4.78 is 32.0. The van der Waals surface area contributed by atoms with Gasteiger partial charge in [0, 0.05) is 30.1 Å². The van der Waals surface area contributed by atoms with Crippen molar-refractivity contribution < 1.29 is 28.2 Å². The number of carbonyl (C=O) groups is 1. The predicted molar refractivity (Wildman–Crippen MR) is 113 cm³/mol. The minimum Gasteiger partial charge on any atom is -0.481 e. The third-order valence-corrected chi connectivity index (χ3v) is 7.78. The van der Waals surface area contributed by atoms with Crippen LogP contribution in [-0.4, -0.2) is 65.2 Å². The molecule has 1 aromatic rings. The van der Waals surface area contributed by atoms with Gasteiger partial charge in [0.1, 0.15) is 18.4 Å². The van der Waals surface area contributed by atoms with E-state index in [1.54, 1.807) is 26.0 Å². The van der Waals surface area contributed by atoms with Gasteiger partial charge in [0.05, 0.1) is 4.90 Å². The van der Waals surface area contributed by atoms with Crippen molar-refractivity contribution >= 4 is 27.8 Å². The normalized spacial score (nSPS) is 19.2. The van der Waals surface area contributed by atoms with Crippen molar-refractivity contribution in [2.75, 3.05) is 25.5 Å². The molecule has 0 spiro atoms. The quantitative estimate of drug-likeness (QED) is 0.471. The summed E-state index contributed by atoms with van der Waals surface area (Å²) in [6, 6.07) is 4.79. The van der Waals surface area contributed by atoms with Crippen molar-refractivity contribution in [2.24, 2.45) is 0 Å². The third kappa shape index (κ3) is 6.12. The number of aliphatic hydroxyl groups excluding tert-OH is 1. The lowest BCUT2D eigenvalue weighted by Crippen LogP contribution is -2.58. The summed E-state index contributed by atoms with van der Waals surface area (Å²) >= 11 is 1.46. The number of aliphatic carboxylic acids is 1. The monoisotopic (exact) mass is 441 g/mol. The summed E-state index contributed by atoms with van der Waals surface area (Å²) in [6.45, 7) is 4.00. The SMILES string of the molecule is CC1(C)SCCN(S(=O)(=O)c2ccc(OCC#CCCCCO)cc2)[C@H]1C(=O)O. The molecule has 1 heterocycles. The maximum absolute atomic E-state index is 13.1. The van der Waals surface area contributed by atoms with Gasteiger partial charge in [0.25, 0.3) is 0 Å². The zero-order chi connectivity index (χ0) is 21.5. The highest BCUT2D eigenvalue weighted by atomic mass is 32.2. The first kappa shape index (κ1) is 23.5. The molecule has 7 nitrogen and oxygen atoms in total. The first-order chi connectivity index (χ1) is 13.7. The fourth-order valence-electron chi connectivity index (χ4n) is 3.06. The zero-order valence-electron chi connectivity index (χ0n) is 16.6. The number of ether oxygens (including phenoxy) is 1. The molecule has 0 amide bonds. The van der Waals surface area contributed by atoms with Crippen LogP contribution >= 0.6 is 11.8 Å². The summed E-state index contributed by atoms with van der Waals surface area (Å²) in [4.78, 5) is 11.8. The molecule has 160 valence electrons. The molecular weight excluding hydrogens is 414 g/mol. The van der Waals surface area contributed by atoms with E-state index < -0.39 is 26.8 Å². The number of rotatable bonds is 8. The maximum atomic E-state index is 13.1. The average molecular weight is 442 g/mol. The maximum Gasteiger partial charge on any atom is 0.323 e. The van der Waals surface area contributed by atoms with E-state index in [2.05, 4.69) is 11.8 Å². The van der Waals surface area contributed by atoms with Crippen LogP contribution in [0.5, 0.6) is 5.75 Å². The van der Waals surface area contributed by atoms with Crippen LogP contribution in [0.2, 0.25) is 0 Å². The van der Waals surface area contributed by atoms with Gasteiger partial charge in [0.15, 0.2) is 0 Å². The molecule has 1 fully saturated rings. The highest BCUT2D eigenvalue weighted by Crippen LogP contribution is 2.38. The van der Waals surface area contributed by atoms with E-state index in [0.717, 1.165) is 17.1 Å². The fraction of sp³-hybridized carbons (Fsp3) is 0.550. The molecule has 9 heteroatoms. The Morgan fingerprint density at radius 2 is 1.97 bits per heavy atom. The molecule has 0 unspecified atom stereocenters. The van der Waals surface area contributed by atoms with E-state index in [-0.39, 0.29) is 24.7 Å². The van der Waals surface area contributed by atoms with E-state index in [9.17, 15) is 18.3 Å². The third-order valence-electron chi connectivity index (χ3n) is 4.54. The van der Waals surface area contributed by atoms with E-state index in [4.69, 9.17) is 9.84 Å². The van der Waals surface area contributed by atoms with Gasteiger partial charge in [-0.25, -0.2) is 8.42 Å². The van der Waals surface area contributed by atoms with Gasteiger partial charge >= 0.3 is 5.97 Å². The molecular formula is C20H27NO6S2. The van der Waals surface area contributed by atoms with Crippen LogP contribution in [0.3, 0.4) is 0 Å². The van der Waals surface area contributed by atoms with Crippen LogP contribution in [0.15, 0.2) is 29.2 Å². The van der Waals surface area contributed by atoms with Gasteiger partial charge in [-0.05, 0) is 51.0 Å². The molecule has 1 aromatic carbocycles. The molecule has 1 aliphatic heterocycles. The van der Waals surface area contributed by atoms with Gasteiger partial charge in [-0.1, -0.05) is 11.8 Å². The van der Waals surface area contributed by atoms with Gasteiger partial charge < -0.3 is 14.9 Å². The number of benzene rings is 1. The number of hydrogen-bond donors (Lipinski definition) is 2. The molecule has 29 heavy (non-hydrogen) atoms. The molecule has 2 rings (SSSR count). The van der Waals surface area contributed by atoms with Gasteiger partial charge in [-0.2, -0.15) is 16.1 Å². The lowest BCUT2D eigenvalue weighted by molar-refractivity contribution is -0.142. The van der Waals surface area contributed by atoms with Crippen LogP contribution in [0.25, 0.3) is 0 Å². The second-order valence-corrected chi connectivity index (χ2v) is 10.7. The Kier molecular flexibility index (Phi) is 8.40. The standard InChI is InChI=1S/C20H27NO6S2/c1-20(2)18(19(23)24)21(12-15-28-20)29(25,26)17-10-8-16(9-11-17)27-14-7-5-3-4-6-13-22/h8-11,18,22H,3-4,6,12-15H2,1-2H3,(H,23,24)/t18-/m0/s1. The Hall–Kier alpha value is -1.73. The highest BCUT2D eigenvalue weighted by molar-refractivity contribution is 8.00. The predicted octanol–water partition coefficient (Wildman–Crippen LogP) is 2.20. The minimum atomic E-state index is -3.95. The molecule has 1 saturated heterocycles. The number of unbranched alkanes of at least 4 members (excludes halogenated alkanes) is 2. The number of carboxylic acids is 1. The number of nitrogens with zero attached hydrogens (tertiary/aromatic N) is 1. The summed E-state index contributed by atoms with van der Waals surface area (Å²) in [5, 5.41) is 18.3. The Morgan fingerprint density at radius 1 is 1.28 bits per heavy atom. The molecule has 0 aromatic heterocycles. The van der Waals surface area contributed by atoms with Crippen molar-refractivity contribution in [2.45, 2.75) is 48.8 Å². The Morgan fingerprint density at radius 3 is 2.59 bits per heavy atom. The summed E-state index contributed by atoms with van der Waals surface area (Å²) in [6.07, 6.45) is 2.25. The van der Waals surface area contributed by atoms with Crippen LogP contribution in [0.1, 0.15) is 33.1 Å². The minimum absolute atomic E-state index is 0.0360. The van der Waals surface area contributed by atoms with Crippen molar-refractivity contribution in [3.8, 4) is 17.6 Å². The molecule has 0 aliphatic carbocycles. The van der Waals surface area contributed by atoms with Crippen molar-refractivity contribution in [1.82, 2.24) is 4.31 Å². The molecule has 0 bridgehead atoms. The second-order valence-electron chi connectivity index (χ2n) is 7.10. The first-order valence-corrected chi connectivity index (χ1v) is 11.8. The smallest absolute Gasteiger partial charge is 0.323 e. The number of hydrogen-bond acceptors (Lipinski definition) is 6. The molecule has 1 atom stereocenters. The Bertz CT molecular complexity index is 855. The number of carboxylic acid groups (broad SMARTS) is 1. The Labute approximate surface area is 176 Å². The molecule has 2 N–H and O–H groups in total. The highest BCUT2D eigenvalue weighted by Gasteiger charge is 2.48. The van der Waals surface area contributed by atoms with Crippen molar-refractivity contribution in [3.63, 3.8) is 0 Å². The van der Waals surface area contributed by atoms with Gasteiger partial charge in [-0.3, -0.25) is 4.79 Å². The summed E-state index contributed by atoms with van der Waals surface area (Å²) in [5.74, 6) is 5.68. The largest absolute Gasteiger partial charge is 0.481 e. The first-order valence-electron chi connectivity index (χ1n) is 9.38. The average Bonchev–Trinajstić information content (AvgIpc) is 2.66. The van der Waals surface area contributed by atoms with E-state index in [1.165, 1.54) is 23.9 Å². The lowest BCUT2D eigenvalue weighted by Gasteiger charge is -2.42. The van der Waals surface area contributed by atoms with Crippen molar-refractivity contribution in [1.29, 1.82) is 0 Å².